The van der Waals surface area contributed by atoms with Crippen LogP contribution in [0.1, 0.15) is 0 Å². The monoisotopic (exact) mass is 1460 g/mol. The Labute approximate surface area is 666 Å². The molecule has 528 valence electrons. The predicted octanol–water partition coefficient (Wildman–Crippen LogP) is 29.0. The van der Waals surface area contributed by atoms with Crippen LogP contribution in [-0.2, 0) is 0 Å². The lowest BCUT2D eigenvalue weighted by atomic mass is 9.33. The van der Waals surface area contributed by atoms with Gasteiger partial charge in [-0.3, -0.25) is 0 Å². The number of fused-ring (bicyclic) bond motifs is 12. The fraction of sp³-hybridized carbons (Fsp3) is 0. The number of hydrogen-bond acceptors (Lipinski definition) is 2. The van der Waals surface area contributed by atoms with Crippen LogP contribution in [-0.4, -0.2) is 6.71 Å². The second-order valence-corrected chi connectivity index (χ2v) is 31.0. The van der Waals surface area contributed by atoms with Crippen molar-refractivity contribution in [3.63, 3.8) is 0 Å². The van der Waals surface area contributed by atoms with Crippen molar-refractivity contribution >= 4 is 155 Å². The zero-order valence-corrected chi connectivity index (χ0v) is 62.9. The highest BCUT2D eigenvalue weighted by Gasteiger charge is 2.44. The van der Waals surface area contributed by atoms with E-state index >= 15 is 0 Å². The quantitative estimate of drug-likeness (QED) is 0.126. The summed E-state index contributed by atoms with van der Waals surface area (Å²) in [5.74, 6) is 0. The topological polar surface area (TPSA) is 6.48 Å². The van der Waals surface area contributed by atoms with E-state index in [-0.39, 0.29) is 6.71 Å². The van der Waals surface area contributed by atoms with Crippen molar-refractivity contribution < 1.29 is 0 Å². The van der Waals surface area contributed by atoms with Crippen LogP contribution in [0, 0.1) is 0 Å². The molecule has 0 saturated carbocycles. The molecule has 114 heavy (non-hydrogen) atoms. The highest BCUT2D eigenvalue weighted by molar-refractivity contribution is 7.00. The molecular weight excluding hydrogens is 1400 g/mol. The first-order valence-electron chi connectivity index (χ1n) is 39.4. The summed E-state index contributed by atoms with van der Waals surface area (Å²) in [5, 5.41) is 20.0. The summed E-state index contributed by atoms with van der Waals surface area (Å²) >= 11 is 7.92. The third kappa shape index (κ3) is 10.4. The Kier molecular flexibility index (Phi) is 15.2. The van der Waals surface area contributed by atoms with Gasteiger partial charge in [0.25, 0.3) is 6.71 Å². The van der Waals surface area contributed by atoms with E-state index in [1.807, 2.05) is 0 Å². The maximum Gasteiger partial charge on any atom is 0.252 e. The molecular formula is C110H68BClN2. The van der Waals surface area contributed by atoms with Crippen LogP contribution in [0.4, 0.5) is 34.1 Å². The second kappa shape index (κ2) is 26.4. The number of hydrogen-bond donors (Lipinski definition) is 0. The Balaban J connectivity index is 0.778. The van der Waals surface area contributed by atoms with Crippen molar-refractivity contribution in [2.45, 2.75) is 0 Å². The summed E-state index contributed by atoms with van der Waals surface area (Å²) in [6.45, 7) is -0.298. The molecule has 2 aliphatic rings. The van der Waals surface area contributed by atoms with E-state index in [0.717, 1.165) is 56.4 Å². The largest absolute Gasteiger partial charge is 0.311 e. The Morgan fingerprint density at radius 2 is 0.430 bits per heavy atom. The fourth-order valence-corrected chi connectivity index (χ4v) is 19.6. The van der Waals surface area contributed by atoms with E-state index in [1.165, 1.54) is 169 Å². The van der Waals surface area contributed by atoms with Crippen molar-refractivity contribution in [2.75, 3.05) is 9.80 Å². The number of halogens is 1. The summed E-state index contributed by atoms with van der Waals surface area (Å²) in [6.07, 6.45) is 0. The van der Waals surface area contributed by atoms with Crippen LogP contribution in [0.5, 0.6) is 0 Å². The summed E-state index contributed by atoms with van der Waals surface area (Å²) in [6, 6.07) is 154. The average molecular weight is 1460 g/mol. The van der Waals surface area contributed by atoms with Gasteiger partial charge in [0.2, 0.25) is 0 Å². The molecule has 0 saturated heterocycles. The summed E-state index contributed by atoms with van der Waals surface area (Å²) in [7, 11) is 0. The normalized spacial score (nSPS) is 12.4. The molecule has 0 N–H and O–H groups in total. The van der Waals surface area contributed by atoms with E-state index < -0.39 is 0 Å². The van der Waals surface area contributed by atoms with Crippen molar-refractivity contribution in [3.05, 3.63) is 418 Å². The molecule has 2 heterocycles. The van der Waals surface area contributed by atoms with Gasteiger partial charge in [-0.1, -0.05) is 376 Å². The third-order valence-corrected chi connectivity index (χ3v) is 24.7. The Morgan fingerprint density at radius 3 is 0.728 bits per heavy atom. The molecule has 2 aliphatic heterocycles. The van der Waals surface area contributed by atoms with Gasteiger partial charge in [0.05, 0.1) is 0 Å². The van der Waals surface area contributed by atoms with Crippen LogP contribution in [0.15, 0.2) is 413 Å². The number of benzene rings is 21. The molecule has 0 atom stereocenters. The van der Waals surface area contributed by atoms with Gasteiger partial charge >= 0.3 is 0 Å². The smallest absolute Gasteiger partial charge is 0.252 e. The van der Waals surface area contributed by atoms with Gasteiger partial charge in [-0.15, -0.1) is 0 Å². The van der Waals surface area contributed by atoms with E-state index in [1.54, 1.807) is 0 Å². The van der Waals surface area contributed by atoms with Crippen LogP contribution < -0.4 is 26.2 Å². The molecule has 4 heteroatoms. The van der Waals surface area contributed by atoms with Crippen LogP contribution in [0.25, 0.3) is 175 Å². The van der Waals surface area contributed by atoms with E-state index in [9.17, 15) is 0 Å². The maximum absolute atomic E-state index is 7.92. The van der Waals surface area contributed by atoms with Gasteiger partial charge in [-0.25, -0.2) is 0 Å². The molecule has 0 amide bonds. The van der Waals surface area contributed by atoms with E-state index in [4.69, 9.17) is 11.6 Å². The zero-order chi connectivity index (χ0) is 75.1. The van der Waals surface area contributed by atoms with Gasteiger partial charge in [0.15, 0.2) is 0 Å². The summed E-state index contributed by atoms with van der Waals surface area (Å²) in [4.78, 5) is 5.02. The first kappa shape index (κ1) is 65.5. The van der Waals surface area contributed by atoms with Crippen molar-refractivity contribution in [1.29, 1.82) is 0 Å². The van der Waals surface area contributed by atoms with Crippen molar-refractivity contribution in [2.24, 2.45) is 0 Å². The standard InChI is InChI=1S/C110H68BClN2/c112-81-67-104-110-105(68-81)114(83-57-47-78(48-58-83)93-60-50-74-26-6-14-38-89(74)107(93)97-42-18-30-70-22-2-10-34-85(70)97)103-64-54-80(95-62-52-76-28-8-16-40-91(76)109(95)99-44-20-32-72-24-4-12-36-87(72)99)66-101(103)111(110)100-65-79(94-61-51-75-27-7-15-39-90(75)108(94)98-43-19-31-71-23-3-11-35-86(71)98)53-63-102(100)113(104)82-55-45-77(46-56-82)92-59-49-73-25-5-13-37-88(73)106(92)96-41-17-29-69-21-1-9-33-84(69)96/h1-68H. The molecule has 0 aromatic heterocycles. The zero-order valence-electron chi connectivity index (χ0n) is 62.1. The number of rotatable bonds is 10. The highest BCUT2D eigenvalue weighted by atomic mass is 35.5. The third-order valence-electron chi connectivity index (χ3n) is 24.5. The fourth-order valence-electron chi connectivity index (χ4n) is 19.4. The van der Waals surface area contributed by atoms with E-state index in [0.29, 0.717) is 5.02 Å². The SMILES string of the molecule is Clc1cc2c3c(c1)N(c1ccc(-c4ccc5ccccc5c4-c4cccc5ccccc45)cc1)c1ccc(-c4ccc5ccccc5c4-c4cccc5ccccc45)cc1B3c1cc(-c3ccc4ccccc4c3-c3cccc4ccccc34)ccc1N2c1ccc(-c2ccc3ccccc3c2-c2cccc3ccccc23)cc1. The molecule has 0 spiro atoms. The Morgan fingerprint density at radius 1 is 0.184 bits per heavy atom. The first-order chi connectivity index (χ1) is 56.5. The molecule has 23 rings (SSSR count). The van der Waals surface area contributed by atoms with Gasteiger partial charge in [-0.05, 0) is 240 Å². The lowest BCUT2D eigenvalue weighted by Crippen LogP contribution is -2.61. The minimum atomic E-state index is -0.298. The second-order valence-electron chi connectivity index (χ2n) is 30.5. The number of nitrogens with zero attached hydrogens (tertiary/aromatic N) is 2. The molecule has 0 fully saturated rings. The van der Waals surface area contributed by atoms with Gasteiger partial charge in [0.1, 0.15) is 0 Å². The minimum absolute atomic E-state index is 0.298. The Bertz CT molecular complexity index is 7120. The highest BCUT2D eigenvalue weighted by Crippen LogP contribution is 2.52. The predicted molar refractivity (Wildman–Crippen MR) is 489 cm³/mol. The molecule has 0 aliphatic carbocycles. The van der Waals surface area contributed by atoms with E-state index in [2.05, 4.69) is 422 Å². The maximum atomic E-state index is 7.92. The average Bonchev–Trinajstić information content (AvgIpc) is 0.695. The molecule has 21 aromatic rings. The van der Waals surface area contributed by atoms with Crippen molar-refractivity contribution in [1.82, 2.24) is 0 Å². The van der Waals surface area contributed by atoms with Gasteiger partial charge in [-0.2, -0.15) is 0 Å². The van der Waals surface area contributed by atoms with Crippen LogP contribution in [0.3, 0.4) is 0 Å². The minimum Gasteiger partial charge on any atom is -0.311 e. The molecule has 21 aromatic carbocycles. The summed E-state index contributed by atoms with van der Waals surface area (Å²) < 4.78 is 0. The van der Waals surface area contributed by atoms with Gasteiger partial charge in [0, 0.05) is 39.1 Å². The van der Waals surface area contributed by atoms with Gasteiger partial charge < -0.3 is 9.80 Å². The van der Waals surface area contributed by atoms with Crippen LogP contribution in [0.2, 0.25) is 5.02 Å². The molecule has 0 unspecified atom stereocenters. The lowest BCUT2D eigenvalue weighted by Gasteiger charge is -2.44. The molecule has 0 bridgehead atoms. The lowest BCUT2D eigenvalue weighted by molar-refractivity contribution is 1.25. The molecule has 2 nitrogen and oxygen atoms in total. The van der Waals surface area contributed by atoms with Crippen molar-refractivity contribution in [3.8, 4) is 89.0 Å². The summed E-state index contributed by atoms with van der Waals surface area (Å²) in [5.41, 5.74) is 28.7. The van der Waals surface area contributed by atoms with Crippen LogP contribution >= 0.6 is 11.6 Å². The Hall–Kier alpha value is -14.3. The number of anilines is 6. The first-order valence-corrected chi connectivity index (χ1v) is 39.8. The molecule has 0 radical (unpaired) electrons.